The third-order valence-corrected chi connectivity index (χ3v) is 5.22. The number of carboxylic acid groups (broad SMARTS) is 1. The lowest BCUT2D eigenvalue weighted by Gasteiger charge is -2.17. The van der Waals surface area contributed by atoms with E-state index in [2.05, 4.69) is 60.8 Å². The molecular formula is C24H27NO2. The highest BCUT2D eigenvalue weighted by Gasteiger charge is 2.12. The van der Waals surface area contributed by atoms with E-state index in [4.69, 9.17) is 0 Å². The van der Waals surface area contributed by atoms with E-state index in [0.717, 1.165) is 36.9 Å². The maximum atomic E-state index is 11.4. The highest BCUT2D eigenvalue weighted by Crippen LogP contribution is 2.24. The minimum Gasteiger partial charge on any atom is -0.478 e. The molecule has 3 aromatic rings. The first-order chi connectivity index (χ1) is 13.1. The molecule has 0 heterocycles. The van der Waals surface area contributed by atoms with E-state index in [-0.39, 0.29) is 6.04 Å². The number of rotatable bonds is 8. The molecule has 1 atom stereocenters. The molecule has 0 aromatic heterocycles. The molecule has 0 unspecified atom stereocenters. The van der Waals surface area contributed by atoms with Crippen LogP contribution in [0.1, 0.15) is 53.4 Å². The lowest BCUT2D eigenvalue weighted by molar-refractivity contribution is 0.0695. The topological polar surface area (TPSA) is 49.3 Å². The van der Waals surface area contributed by atoms with Crippen molar-refractivity contribution in [2.24, 2.45) is 0 Å². The molecule has 0 aliphatic heterocycles. The van der Waals surface area contributed by atoms with Gasteiger partial charge in [-0.2, -0.15) is 0 Å². The quantitative estimate of drug-likeness (QED) is 0.529. The Bertz CT molecular complexity index is 927. The molecule has 140 valence electrons. The molecule has 0 amide bonds. The summed E-state index contributed by atoms with van der Waals surface area (Å²) >= 11 is 0. The monoisotopic (exact) mass is 361 g/mol. The summed E-state index contributed by atoms with van der Waals surface area (Å²) in [6.45, 7) is 5.11. The first-order valence-electron chi connectivity index (χ1n) is 9.67. The van der Waals surface area contributed by atoms with Crippen molar-refractivity contribution in [3.63, 3.8) is 0 Å². The van der Waals surface area contributed by atoms with Gasteiger partial charge < -0.3 is 10.4 Å². The van der Waals surface area contributed by atoms with Crippen LogP contribution < -0.4 is 5.32 Å². The minimum atomic E-state index is -0.837. The van der Waals surface area contributed by atoms with Crippen molar-refractivity contribution in [3.05, 3.63) is 82.9 Å². The first kappa shape index (κ1) is 19.1. The molecule has 27 heavy (non-hydrogen) atoms. The Balaban J connectivity index is 1.62. The van der Waals surface area contributed by atoms with Gasteiger partial charge in [0.15, 0.2) is 0 Å². The van der Waals surface area contributed by atoms with Crippen LogP contribution >= 0.6 is 0 Å². The molecule has 0 aliphatic rings. The zero-order valence-corrected chi connectivity index (χ0v) is 16.0. The second kappa shape index (κ2) is 8.83. The molecule has 2 N–H and O–H groups in total. The average molecular weight is 361 g/mol. The van der Waals surface area contributed by atoms with E-state index in [1.807, 2.05) is 13.0 Å². The highest BCUT2D eigenvalue weighted by molar-refractivity contribution is 5.89. The lowest BCUT2D eigenvalue weighted by Crippen LogP contribution is -2.20. The van der Waals surface area contributed by atoms with E-state index in [9.17, 15) is 9.90 Å². The number of hydrogen-bond donors (Lipinski definition) is 2. The molecule has 0 aliphatic carbocycles. The van der Waals surface area contributed by atoms with Crippen LogP contribution in [-0.4, -0.2) is 17.6 Å². The number of hydrogen-bond acceptors (Lipinski definition) is 2. The van der Waals surface area contributed by atoms with Gasteiger partial charge in [0.1, 0.15) is 0 Å². The molecule has 3 nitrogen and oxygen atoms in total. The predicted molar refractivity (Wildman–Crippen MR) is 111 cm³/mol. The number of nitrogens with one attached hydrogen (secondary N) is 1. The van der Waals surface area contributed by atoms with Crippen molar-refractivity contribution >= 4 is 16.7 Å². The summed E-state index contributed by atoms with van der Waals surface area (Å²) in [4.78, 5) is 11.4. The number of aromatic carboxylic acids is 1. The van der Waals surface area contributed by atoms with E-state index < -0.39 is 5.97 Å². The van der Waals surface area contributed by atoms with Crippen molar-refractivity contribution in [1.82, 2.24) is 5.32 Å². The van der Waals surface area contributed by atoms with Gasteiger partial charge in [-0.15, -0.1) is 0 Å². The minimum absolute atomic E-state index is 0.270. The zero-order valence-electron chi connectivity index (χ0n) is 16.0. The molecule has 0 spiro atoms. The molecule has 3 aromatic carbocycles. The number of aryl methyl sites for hydroxylation is 1. The Kier molecular flexibility index (Phi) is 6.25. The molecule has 0 fully saturated rings. The van der Waals surface area contributed by atoms with E-state index in [0.29, 0.717) is 5.56 Å². The Hall–Kier alpha value is -2.65. The fourth-order valence-corrected chi connectivity index (χ4v) is 3.82. The fourth-order valence-electron chi connectivity index (χ4n) is 3.82. The van der Waals surface area contributed by atoms with Crippen molar-refractivity contribution in [2.45, 2.75) is 39.2 Å². The number of carbonyl (C=O) groups is 1. The summed E-state index contributed by atoms with van der Waals surface area (Å²) in [7, 11) is 0. The predicted octanol–water partition coefficient (Wildman–Crippen LogP) is 5.38. The second-order valence-electron chi connectivity index (χ2n) is 6.95. The highest BCUT2D eigenvalue weighted by atomic mass is 16.4. The smallest absolute Gasteiger partial charge is 0.335 e. The molecular weight excluding hydrogens is 334 g/mol. The van der Waals surface area contributed by atoms with Gasteiger partial charge in [-0.3, -0.25) is 0 Å². The Morgan fingerprint density at radius 1 is 1.04 bits per heavy atom. The standard InChI is InChI=1S/C24H27NO2/c1-3-20-18(10-7-15-23(20)24(26)27)12-8-16-25-17(2)21-14-6-11-19-9-4-5-13-22(19)21/h4-7,9-11,13-15,17,25H,3,8,12,16H2,1-2H3,(H,26,27)/t17-/m1/s1. The van der Waals surface area contributed by atoms with Crippen LogP contribution in [0.5, 0.6) is 0 Å². The molecule has 0 saturated carbocycles. The van der Waals surface area contributed by atoms with E-state index in [1.165, 1.54) is 16.3 Å². The molecule has 3 heteroatoms. The van der Waals surface area contributed by atoms with Crippen molar-refractivity contribution in [1.29, 1.82) is 0 Å². The maximum Gasteiger partial charge on any atom is 0.335 e. The fraction of sp³-hybridized carbons (Fsp3) is 0.292. The lowest BCUT2D eigenvalue weighted by atomic mass is 9.95. The number of fused-ring (bicyclic) bond motifs is 1. The Labute approximate surface area is 161 Å². The second-order valence-corrected chi connectivity index (χ2v) is 6.95. The van der Waals surface area contributed by atoms with Crippen LogP contribution in [0.3, 0.4) is 0 Å². The summed E-state index contributed by atoms with van der Waals surface area (Å²) in [5, 5.41) is 15.5. The summed E-state index contributed by atoms with van der Waals surface area (Å²) in [6, 6.07) is 20.8. The maximum absolute atomic E-state index is 11.4. The van der Waals surface area contributed by atoms with Crippen LogP contribution in [-0.2, 0) is 12.8 Å². The summed E-state index contributed by atoms with van der Waals surface area (Å²) < 4.78 is 0. The largest absolute Gasteiger partial charge is 0.478 e. The summed E-state index contributed by atoms with van der Waals surface area (Å²) in [6.07, 6.45) is 2.61. The summed E-state index contributed by atoms with van der Waals surface area (Å²) in [5.74, 6) is -0.837. The van der Waals surface area contributed by atoms with Gasteiger partial charge >= 0.3 is 5.97 Å². The normalized spacial score (nSPS) is 12.2. The van der Waals surface area contributed by atoms with Gasteiger partial charge in [0, 0.05) is 6.04 Å². The third kappa shape index (κ3) is 4.37. The average Bonchev–Trinajstić information content (AvgIpc) is 2.70. The Morgan fingerprint density at radius 3 is 2.56 bits per heavy atom. The molecule has 0 saturated heterocycles. The summed E-state index contributed by atoms with van der Waals surface area (Å²) in [5.41, 5.74) is 3.87. The van der Waals surface area contributed by atoms with Gasteiger partial charge in [-0.1, -0.05) is 61.5 Å². The number of carboxylic acids is 1. The van der Waals surface area contributed by atoms with Gasteiger partial charge in [0.2, 0.25) is 0 Å². The van der Waals surface area contributed by atoms with Gasteiger partial charge in [0.25, 0.3) is 0 Å². The SMILES string of the molecule is CCc1c(CCCN[C@H](C)c2cccc3ccccc23)cccc1C(=O)O. The van der Waals surface area contributed by atoms with Crippen LogP contribution in [0.2, 0.25) is 0 Å². The van der Waals surface area contributed by atoms with Crippen LogP contribution in [0.15, 0.2) is 60.7 Å². The first-order valence-corrected chi connectivity index (χ1v) is 9.67. The molecule has 3 rings (SSSR count). The van der Waals surface area contributed by atoms with Crippen molar-refractivity contribution in [2.75, 3.05) is 6.54 Å². The van der Waals surface area contributed by atoms with Crippen molar-refractivity contribution in [3.8, 4) is 0 Å². The van der Waals surface area contributed by atoms with Gasteiger partial charge in [-0.05, 0) is 66.3 Å². The Morgan fingerprint density at radius 2 is 1.78 bits per heavy atom. The van der Waals surface area contributed by atoms with E-state index in [1.54, 1.807) is 6.07 Å². The van der Waals surface area contributed by atoms with Crippen molar-refractivity contribution < 1.29 is 9.90 Å². The van der Waals surface area contributed by atoms with Crippen LogP contribution in [0, 0.1) is 0 Å². The van der Waals surface area contributed by atoms with Gasteiger partial charge in [-0.25, -0.2) is 4.79 Å². The van der Waals surface area contributed by atoms with Crippen LogP contribution in [0.25, 0.3) is 10.8 Å². The zero-order chi connectivity index (χ0) is 19.2. The third-order valence-electron chi connectivity index (χ3n) is 5.22. The van der Waals surface area contributed by atoms with E-state index >= 15 is 0 Å². The molecule has 0 radical (unpaired) electrons. The van der Waals surface area contributed by atoms with Crippen LogP contribution in [0.4, 0.5) is 0 Å². The molecule has 0 bridgehead atoms. The number of benzene rings is 3. The van der Waals surface area contributed by atoms with Gasteiger partial charge in [0.05, 0.1) is 5.56 Å².